The minimum atomic E-state index is -0.860. The number of carbonyl (C=O) groups excluding carboxylic acids is 1. The summed E-state index contributed by atoms with van der Waals surface area (Å²) in [6, 6.07) is 3.60. The molecule has 2 rings (SSSR count). The SMILES string of the molecule is O=C(O)C1CCCCN1C(=O)CCCCCc1cccs1. The van der Waals surface area contributed by atoms with Crippen LogP contribution in [0.1, 0.15) is 49.8 Å². The van der Waals surface area contributed by atoms with Gasteiger partial charge in [-0.05, 0) is 50.0 Å². The van der Waals surface area contributed by atoms with Crippen molar-refractivity contribution in [3.8, 4) is 0 Å². The largest absolute Gasteiger partial charge is 0.480 e. The Hall–Kier alpha value is -1.36. The number of likely N-dealkylation sites (tertiary alicyclic amines) is 1. The van der Waals surface area contributed by atoms with Crippen molar-refractivity contribution in [1.29, 1.82) is 0 Å². The molecule has 2 heterocycles. The molecule has 0 aliphatic carbocycles. The number of unbranched alkanes of at least 4 members (excludes halogenated alkanes) is 2. The van der Waals surface area contributed by atoms with Gasteiger partial charge in [0, 0.05) is 17.8 Å². The molecule has 1 aromatic heterocycles. The molecular weight excluding hydrogens is 286 g/mol. The summed E-state index contributed by atoms with van der Waals surface area (Å²) in [5.41, 5.74) is 0. The van der Waals surface area contributed by atoms with Crippen LogP contribution in [0.3, 0.4) is 0 Å². The van der Waals surface area contributed by atoms with E-state index in [0.29, 0.717) is 19.4 Å². The molecule has 1 amide bonds. The van der Waals surface area contributed by atoms with E-state index in [1.54, 1.807) is 16.2 Å². The molecule has 116 valence electrons. The van der Waals surface area contributed by atoms with Gasteiger partial charge in [-0.2, -0.15) is 0 Å². The van der Waals surface area contributed by atoms with Crippen LogP contribution in [0.5, 0.6) is 0 Å². The Morgan fingerprint density at radius 3 is 2.86 bits per heavy atom. The van der Waals surface area contributed by atoms with E-state index in [1.165, 1.54) is 4.88 Å². The monoisotopic (exact) mass is 309 g/mol. The van der Waals surface area contributed by atoms with Gasteiger partial charge in [0.25, 0.3) is 0 Å². The van der Waals surface area contributed by atoms with E-state index in [1.807, 2.05) is 0 Å². The highest BCUT2D eigenvalue weighted by Gasteiger charge is 2.31. The summed E-state index contributed by atoms with van der Waals surface area (Å²) in [5, 5.41) is 11.3. The van der Waals surface area contributed by atoms with Gasteiger partial charge in [0.15, 0.2) is 0 Å². The quantitative estimate of drug-likeness (QED) is 0.786. The number of hydrogen-bond donors (Lipinski definition) is 1. The fourth-order valence-corrected chi connectivity index (χ4v) is 3.59. The molecule has 1 atom stereocenters. The summed E-state index contributed by atoms with van der Waals surface area (Å²) in [7, 11) is 0. The predicted molar refractivity (Wildman–Crippen MR) is 83.5 cm³/mol. The molecule has 1 fully saturated rings. The molecule has 1 unspecified atom stereocenters. The van der Waals surface area contributed by atoms with E-state index in [0.717, 1.165) is 38.5 Å². The Labute approximate surface area is 129 Å². The third kappa shape index (κ3) is 4.84. The predicted octanol–water partition coefficient (Wildman–Crippen LogP) is 3.32. The second kappa shape index (κ2) is 8.17. The van der Waals surface area contributed by atoms with Crippen LogP contribution in [0.15, 0.2) is 17.5 Å². The van der Waals surface area contributed by atoms with Gasteiger partial charge >= 0.3 is 5.97 Å². The van der Waals surface area contributed by atoms with E-state index in [-0.39, 0.29) is 5.91 Å². The van der Waals surface area contributed by atoms with Crippen molar-refractivity contribution in [3.05, 3.63) is 22.4 Å². The lowest BCUT2D eigenvalue weighted by molar-refractivity contribution is -0.152. The Kier molecular flexibility index (Phi) is 6.23. The second-order valence-corrected chi connectivity index (χ2v) is 6.61. The normalized spacial score (nSPS) is 18.7. The van der Waals surface area contributed by atoms with Crippen LogP contribution in [-0.2, 0) is 16.0 Å². The van der Waals surface area contributed by atoms with Gasteiger partial charge in [0.1, 0.15) is 6.04 Å². The van der Waals surface area contributed by atoms with Crippen molar-refractivity contribution in [3.63, 3.8) is 0 Å². The maximum absolute atomic E-state index is 12.2. The highest BCUT2D eigenvalue weighted by Crippen LogP contribution is 2.19. The number of rotatable bonds is 7. The molecule has 1 aliphatic heterocycles. The number of carboxylic acid groups (broad SMARTS) is 1. The lowest BCUT2D eigenvalue weighted by Crippen LogP contribution is -2.47. The molecule has 1 N–H and O–H groups in total. The smallest absolute Gasteiger partial charge is 0.326 e. The molecule has 21 heavy (non-hydrogen) atoms. The number of carbonyl (C=O) groups is 2. The van der Waals surface area contributed by atoms with Crippen molar-refractivity contribution >= 4 is 23.2 Å². The highest BCUT2D eigenvalue weighted by atomic mass is 32.1. The zero-order valence-corrected chi connectivity index (χ0v) is 13.1. The maximum Gasteiger partial charge on any atom is 0.326 e. The van der Waals surface area contributed by atoms with E-state index in [4.69, 9.17) is 0 Å². The lowest BCUT2D eigenvalue weighted by Gasteiger charge is -2.33. The van der Waals surface area contributed by atoms with E-state index in [9.17, 15) is 14.7 Å². The molecule has 0 radical (unpaired) electrons. The van der Waals surface area contributed by atoms with Crippen molar-refractivity contribution in [2.24, 2.45) is 0 Å². The zero-order valence-electron chi connectivity index (χ0n) is 12.3. The van der Waals surface area contributed by atoms with Gasteiger partial charge in [0.05, 0.1) is 0 Å². The van der Waals surface area contributed by atoms with E-state index < -0.39 is 12.0 Å². The van der Waals surface area contributed by atoms with Gasteiger partial charge < -0.3 is 10.0 Å². The highest BCUT2D eigenvalue weighted by molar-refractivity contribution is 7.09. The van der Waals surface area contributed by atoms with Gasteiger partial charge in [-0.3, -0.25) is 4.79 Å². The lowest BCUT2D eigenvalue weighted by atomic mass is 10.0. The Morgan fingerprint density at radius 1 is 1.29 bits per heavy atom. The van der Waals surface area contributed by atoms with Crippen LogP contribution >= 0.6 is 11.3 Å². The van der Waals surface area contributed by atoms with Crippen LogP contribution < -0.4 is 0 Å². The van der Waals surface area contributed by atoms with Crippen molar-refractivity contribution in [1.82, 2.24) is 4.90 Å². The van der Waals surface area contributed by atoms with Gasteiger partial charge in [-0.15, -0.1) is 11.3 Å². The van der Waals surface area contributed by atoms with Gasteiger partial charge in [-0.25, -0.2) is 4.79 Å². The molecule has 1 aromatic rings. The average molecular weight is 309 g/mol. The first kappa shape index (κ1) is 16.0. The molecule has 1 aliphatic rings. The maximum atomic E-state index is 12.2. The first-order valence-electron chi connectivity index (χ1n) is 7.73. The summed E-state index contributed by atoms with van der Waals surface area (Å²) in [5.74, 6) is -0.848. The minimum Gasteiger partial charge on any atom is -0.480 e. The number of aliphatic carboxylic acids is 1. The van der Waals surface area contributed by atoms with E-state index in [2.05, 4.69) is 17.5 Å². The third-order valence-electron chi connectivity index (χ3n) is 4.00. The number of piperidine rings is 1. The topological polar surface area (TPSA) is 57.6 Å². The molecule has 0 spiro atoms. The summed E-state index contributed by atoms with van der Waals surface area (Å²) in [6.07, 6.45) is 6.95. The van der Waals surface area contributed by atoms with Crippen molar-refractivity contribution in [2.75, 3.05) is 6.54 Å². The van der Waals surface area contributed by atoms with Crippen LogP contribution in [0, 0.1) is 0 Å². The van der Waals surface area contributed by atoms with Crippen LogP contribution in [0.25, 0.3) is 0 Å². The molecule has 0 bridgehead atoms. The number of aryl methyl sites for hydroxylation is 1. The first-order valence-corrected chi connectivity index (χ1v) is 8.61. The Morgan fingerprint density at radius 2 is 2.14 bits per heavy atom. The van der Waals surface area contributed by atoms with Crippen LogP contribution in [0.2, 0.25) is 0 Å². The Bertz CT molecular complexity index is 458. The summed E-state index contributed by atoms with van der Waals surface area (Å²) in [4.78, 5) is 26.3. The minimum absolute atomic E-state index is 0.0122. The van der Waals surface area contributed by atoms with Crippen molar-refractivity contribution in [2.45, 2.75) is 57.4 Å². The fraction of sp³-hybridized carbons (Fsp3) is 0.625. The van der Waals surface area contributed by atoms with Crippen LogP contribution in [0.4, 0.5) is 0 Å². The summed E-state index contributed by atoms with van der Waals surface area (Å²) in [6.45, 7) is 0.602. The number of carboxylic acids is 1. The summed E-state index contributed by atoms with van der Waals surface area (Å²) < 4.78 is 0. The second-order valence-electron chi connectivity index (χ2n) is 5.58. The molecule has 5 heteroatoms. The number of thiophene rings is 1. The fourth-order valence-electron chi connectivity index (χ4n) is 2.84. The van der Waals surface area contributed by atoms with Gasteiger partial charge in [-0.1, -0.05) is 12.5 Å². The first-order chi connectivity index (χ1) is 10.2. The standard InChI is InChI=1S/C16H23NO3S/c18-15(17-11-5-4-9-14(17)16(19)20)10-3-1-2-7-13-8-6-12-21-13/h6,8,12,14H,1-5,7,9-11H2,(H,19,20). The molecule has 1 saturated heterocycles. The average Bonchev–Trinajstić information content (AvgIpc) is 3.00. The summed E-state index contributed by atoms with van der Waals surface area (Å²) >= 11 is 1.77. The molecule has 0 saturated carbocycles. The number of nitrogens with zero attached hydrogens (tertiary/aromatic N) is 1. The van der Waals surface area contributed by atoms with Crippen LogP contribution in [-0.4, -0.2) is 34.5 Å². The molecule has 0 aromatic carbocycles. The molecular formula is C16H23NO3S. The molecule has 4 nitrogen and oxygen atoms in total. The number of amides is 1. The van der Waals surface area contributed by atoms with Crippen molar-refractivity contribution < 1.29 is 14.7 Å². The Balaban J connectivity index is 1.67. The van der Waals surface area contributed by atoms with E-state index >= 15 is 0 Å². The third-order valence-corrected chi connectivity index (χ3v) is 4.94. The zero-order chi connectivity index (χ0) is 15.1. The van der Waals surface area contributed by atoms with Gasteiger partial charge in [0.2, 0.25) is 5.91 Å². The number of hydrogen-bond acceptors (Lipinski definition) is 3.